The summed E-state index contributed by atoms with van der Waals surface area (Å²) in [6, 6.07) is 11.0. The van der Waals surface area contributed by atoms with Crippen LogP contribution in [0.15, 0.2) is 42.5 Å². The average molecular weight is 582 g/mol. The Labute approximate surface area is 244 Å². The fourth-order valence-electron chi connectivity index (χ4n) is 4.36. The Balaban J connectivity index is 1.98. The molecule has 1 unspecified atom stereocenters. The number of esters is 4. The molecule has 0 radical (unpaired) electrons. The fraction of sp³-hybridized carbons (Fsp3) is 0.448. The molecule has 11 heteroatoms. The van der Waals surface area contributed by atoms with Gasteiger partial charge in [-0.15, -0.1) is 0 Å². The summed E-state index contributed by atoms with van der Waals surface area (Å²) in [4.78, 5) is 47.9. The molecule has 1 fully saturated rings. The quantitative estimate of drug-likeness (QED) is 0.299. The highest BCUT2D eigenvalue weighted by Gasteiger charge is 2.52. The minimum atomic E-state index is -2.99. The number of hydrogen-bond acceptors (Lipinski definition) is 10. The van der Waals surface area contributed by atoms with E-state index in [9.17, 15) is 19.2 Å². The summed E-state index contributed by atoms with van der Waals surface area (Å²) in [7, 11) is 0. The Morgan fingerprint density at radius 3 is 2.10 bits per heavy atom. The summed E-state index contributed by atoms with van der Waals surface area (Å²) in [6.45, 7) is -1.66. The van der Waals surface area contributed by atoms with E-state index in [-0.39, 0.29) is 18.8 Å². The third kappa shape index (κ3) is 8.43. The first kappa shape index (κ1) is 24.2. The van der Waals surface area contributed by atoms with E-state index in [0.717, 1.165) is 20.8 Å². The van der Waals surface area contributed by atoms with Gasteiger partial charge >= 0.3 is 23.9 Å². The zero-order chi connectivity index (χ0) is 33.7. The van der Waals surface area contributed by atoms with E-state index in [1.165, 1.54) is 19.1 Å². The monoisotopic (exact) mass is 581 g/mol. The molecule has 3 rings (SSSR count). The van der Waals surface area contributed by atoms with Crippen molar-refractivity contribution in [1.29, 1.82) is 0 Å². The predicted molar refractivity (Wildman–Crippen MR) is 143 cm³/mol. The zero-order valence-corrected chi connectivity index (χ0v) is 23.1. The van der Waals surface area contributed by atoms with E-state index >= 15 is 0 Å². The van der Waals surface area contributed by atoms with Crippen molar-refractivity contribution in [1.82, 2.24) is 0 Å². The summed E-state index contributed by atoms with van der Waals surface area (Å²) < 4.78 is 70.1. The van der Waals surface area contributed by atoms with Crippen LogP contribution >= 0.6 is 11.6 Å². The highest BCUT2D eigenvalue weighted by atomic mass is 35.5. The minimum Gasteiger partial charge on any atom is -0.494 e. The van der Waals surface area contributed by atoms with E-state index in [1.54, 1.807) is 30.3 Å². The van der Waals surface area contributed by atoms with Crippen LogP contribution in [0.5, 0.6) is 5.75 Å². The molecule has 1 aliphatic heterocycles. The maximum Gasteiger partial charge on any atom is 0.303 e. The topological polar surface area (TPSA) is 124 Å². The van der Waals surface area contributed by atoms with Crippen LogP contribution in [0, 0.1) is 0 Å². The lowest BCUT2D eigenvalue weighted by Crippen LogP contribution is -2.59. The van der Waals surface area contributed by atoms with Gasteiger partial charge in [-0.3, -0.25) is 19.2 Å². The molecule has 1 saturated heterocycles. The molecule has 0 N–H and O–H groups in total. The predicted octanol–water partition coefficient (Wildman–Crippen LogP) is 4.13. The first-order chi connectivity index (χ1) is 20.9. The van der Waals surface area contributed by atoms with Crippen LogP contribution in [0.3, 0.4) is 0 Å². The molecule has 1 heterocycles. The molecule has 0 bridgehead atoms. The van der Waals surface area contributed by atoms with Crippen LogP contribution in [0.1, 0.15) is 64.2 Å². The van der Waals surface area contributed by atoms with Gasteiger partial charge in [0.25, 0.3) is 0 Å². The number of rotatable bonds is 10. The Morgan fingerprint density at radius 1 is 0.875 bits per heavy atom. The summed E-state index contributed by atoms with van der Waals surface area (Å²) in [5.41, 5.74) is 1.74. The van der Waals surface area contributed by atoms with Crippen molar-refractivity contribution in [3.8, 4) is 5.75 Å². The Bertz CT molecular complexity index is 1400. The average Bonchev–Trinajstić information content (AvgIpc) is 2.90. The molecule has 216 valence electrons. The molecule has 0 aromatic heterocycles. The molecule has 0 saturated carbocycles. The van der Waals surface area contributed by atoms with Crippen molar-refractivity contribution in [2.45, 2.75) is 71.5 Å². The molecule has 40 heavy (non-hydrogen) atoms. The SMILES string of the molecule is [2H]C([2H])([2H])C([2H])([2H])Oc1ccc(Cc2cc([C@@H]3O[C@H](COC(C)=O)[C@@H](OC(C)=O)C(OC(C)=O)[C@H]3OC(C)=O)ccc2Cl)cc1. The molecular formula is C29H33ClO10. The molecular weight excluding hydrogens is 544 g/mol. The van der Waals surface area contributed by atoms with Gasteiger partial charge in [-0.1, -0.05) is 35.9 Å². The van der Waals surface area contributed by atoms with Crippen LogP contribution in [0.25, 0.3) is 0 Å². The van der Waals surface area contributed by atoms with Gasteiger partial charge in [0.05, 0.1) is 9.30 Å². The molecule has 0 aliphatic carbocycles. The van der Waals surface area contributed by atoms with Gasteiger partial charge in [0, 0.05) is 36.8 Å². The summed E-state index contributed by atoms with van der Waals surface area (Å²) >= 11 is 6.52. The molecule has 5 atom stereocenters. The molecule has 1 aliphatic rings. The molecule has 10 nitrogen and oxygen atoms in total. The number of hydrogen-bond donors (Lipinski definition) is 0. The smallest absolute Gasteiger partial charge is 0.303 e. The molecule has 2 aromatic rings. The van der Waals surface area contributed by atoms with Crippen LogP contribution in [0.2, 0.25) is 5.02 Å². The summed E-state index contributed by atoms with van der Waals surface area (Å²) in [6.07, 6.45) is -5.89. The van der Waals surface area contributed by atoms with Crippen LogP contribution in [0.4, 0.5) is 0 Å². The largest absolute Gasteiger partial charge is 0.494 e. The Kier molecular flexibility index (Phi) is 8.55. The number of carbonyl (C=O) groups is 4. The highest BCUT2D eigenvalue weighted by Crippen LogP contribution is 2.39. The summed E-state index contributed by atoms with van der Waals surface area (Å²) in [5.74, 6) is -2.85. The van der Waals surface area contributed by atoms with Crippen molar-refractivity contribution >= 4 is 35.5 Å². The standard InChI is InChI=1S/C29H33ClO10/c1-6-35-23-10-7-20(8-11-23)13-22-14-21(9-12-24(22)30)26-28(38-18(4)33)29(39-19(5)34)27(37-17(3)32)25(40-26)15-36-16(2)31/h7-12,14,25-29H,6,13,15H2,1-5H3/t25-,26+,27-,28+,29?/m1/s1/i1D3,6D2. The van der Waals surface area contributed by atoms with Gasteiger partial charge in [0.1, 0.15) is 24.6 Å². The number of carbonyl (C=O) groups excluding carboxylic acids is 4. The second kappa shape index (κ2) is 14.1. The van der Waals surface area contributed by atoms with Crippen molar-refractivity contribution in [2.24, 2.45) is 0 Å². The van der Waals surface area contributed by atoms with Crippen molar-refractivity contribution in [3.05, 3.63) is 64.2 Å². The maximum absolute atomic E-state index is 12.2. The molecule has 0 amide bonds. The van der Waals surface area contributed by atoms with Crippen LogP contribution in [-0.4, -0.2) is 61.5 Å². The van der Waals surface area contributed by atoms with Crippen molar-refractivity contribution < 1.29 is 54.5 Å². The first-order valence-electron chi connectivity index (χ1n) is 14.7. The lowest BCUT2D eigenvalue weighted by Gasteiger charge is -2.44. The van der Waals surface area contributed by atoms with Crippen molar-refractivity contribution in [3.63, 3.8) is 0 Å². The minimum absolute atomic E-state index is 0.0113. The van der Waals surface area contributed by atoms with E-state index in [1.807, 2.05) is 0 Å². The number of ether oxygens (including phenoxy) is 6. The van der Waals surface area contributed by atoms with Gasteiger partial charge < -0.3 is 28.4 Å². The third-order valence-corrected chi connectivity index (χ3v) is 6.24. The van der Waals surface area contributed by atoms with E-state index < -0.39 is 67.8 Å². The lowest BCUT2D eigenvalue weighted by atomic mass is 9.89. The highest BCUT2D eigenvalue weighted by molar-refractivity contribution is 6.31. The second-order valence-corrected chi connectivity index (χ2v) is 9.40. The third-order valence-electron chi connectivity index (χ3n) is 5.88. The van der Waals surface area contributed by atoms with E-state index in [0.29, 0.717) is 21.7 Å². The van der Waals surface area contributed by atoms with Gasteiger partial charge in [-0.2, -0.15) is 0 Å². The second-order valence-electron chi connectivity index (χ2n) is 9.00. The maximum atomic E-state index is 12.2. The van der Waals surface area contributed by atoms with Crippen LogP contribution in [-0.2, 0) is 49.3 Å². The van der Waals surface area contributed by atoms with Gasteiger partial charge in [-0.05, 0) is 48.2 Å². The molecule has 0 spiro atoms. The van der Waals surface area contributed by atoms with Gasteiger partial charge in [0.2, 0.25) is 0 Å². The first-order valence-corrected chi connectivity index (χ1v) is 12.6. The Hall–Kier alpha value is -3.63. The Morgan fingerprint density at radius 2 is 1.50 bits per heavy atom. The number of halogens is 1. The van der Waals surface area contributed by atoms with Gasteiger partial charge in [-0.25, -0.2) is 0 Å². The van der Waals surface area contributed by atoms with E-state index in [2.05, 4.69) is 0 Å². The van der Waals surface area contributed by atoms with Crippen molar-refractivity contribution in [2.75, 3.05) is 13.2 Å². The number of benzene rings is 2. The van der Waals surface area contributed by atoms with E-state index in [4.69, 9.17) is 46.9 Å². The summed E-state index contributed by atoms with van der Waals surface area (Å²) in [5, 5.41) is 0.364. The fourth-order valence-corrected chi connectivity index (χ4v) is 4.54. The normalized spacial score (nSPS) is 24.6. The van der Waals surface area contributed by atoms with Gasteiger partial charge in [0.15, 0.2) is 18.3 Å². The molecule has 2 aromatic carbocycles. The zero-order valence-electron chi connectivity index (χ0n) is 27.3. The lowest BCUT2D eigenvalue weighted by molar-refractivity contribution is -0.254. The van der Waals surface area contributed by atoms with Crippen LogP contribution < -0.4 is 4.74 Å².